The van der Waals surface area contributed by atoms with Crippen LogP contribution in [-0.2, 0) is 0 Å². The van der Waals surface area contributed by atoms with Gasteiger partial charge in [-0.2, -0.15) is 0 Å². The van der Waals surface area contributed by atoms with Crippen LogP contribution in [0.3, 0.4) is 0 Å². The average Bonchev–Trinajstić information content (AvgIpc) is 2.67. The molecule has 1 aliphatic heterocycles. The summed E-state index contributed by atoms with van der Waals surface area (Å²) in [6, 6.07) is 13.8. The van der Waals surface area contributed by atoms with Crippen molar-refractivity contribution in [3.8, 4) is 11.1 Å². The van der Waals surface area contributed by atoms with E-state index in [9.17, 15) is 14.0 Å². The van der Waals surface area contributed by atoms with Gasteiger partial charge in [0.05, 0.1) is 0 Å². The number of ketones is 1. The van der Waals surface area contributed by atoms with E-state index in [0.717, 1.165) is 12.0 Å². The molecule has 0 bridgehead atoms. The molecule has 1 aliphatic rings. The second-order valence-electron chi connectivity index (χ2n) is 7.31. The zero-order chi connectivity index (χ0) is 19.4. The lowest BCUT2D eigenvalue weighted by atomic mass is 9.89. The molecular formula is C22H25FN2O2. The lowest BCUT2D eigenvalue weighted by molar-refractivity contribution is 0.0844. The average molecular weight is 368 g/mol. The number of nitrogens with zero attached hydrogens (tertiary/aromatic N) is 1. The second-order valence-corrected chi connectivity index (χ2v) is 7.31. The number of nitrogens with one attached hydrogen (secondary N) is 1. The first kappa shape index (κ1) is 19.1. The van der Waals surface area contributed by atoms with Crippen molar-refractivity contribution in [2.45, 2.75) is 32.7 Å². The maximum Gasteiger partial charge on any atom is 0.317 e. The number of halogens is 1. The highest BCUT2D eigenvalue weighted by atomic mass is 19.1. The quantitative estimate of drug-likeness (QED) is 0.808. The third-order valence-corrected chi connectivity index (χ3v) is 4.83. The molecule has 4 nitrogen and oxygen atoms in total. The molecule has 0 aromatic heterocycles. The Bertz CT molecular complexity index is 820. The van der Waals surface area contributed by atoms with Crippen molar-refractivity contribution in [2.75, 3.05) is 13.1 Å². The molecule has 1 unspecified atom stereocenters. The van der Waals surface area contributed by atoms with E-state index in [4.69, 9.17) is 0 Å². The number of Topliss-reactive ketones (excluding diaryl/α,β-unsaturated/α-hetero) is 1. The summed E-state index contributed by atoms with van der Waals surface area (Å²) in [4.78, 5) is 26.8. The van der Waals surface area contributed by atoms with Gasteiger partial charge in [0, 0.05) is 36.2 Å². The van der Waals surface area contributed by atoms with Gasteiger partial charge in [-0.25, -0.2) is 9.18 Å². The molecule has 5 heteroatoms. The Labute approximate surface area is 159 Å². The highest BCUT2D eigenvalue weighted by Gasteiger charge is 2.29. The fourth-order valence-corrected chi connectivity index (χ4v) is 3.47. The molecule has 0 saturated carbocycles. The molecule has 142 valence electrons. The Hall–Kier alpha value is -2.69. The SMILES string of the molecule is CC(C)NC(=O)N1CCCC(C(=O)c2ccc(-c3ccccc3)c(F)c2)C1. The smallest absolute Gasteiger partial charge is 0.317 e. The van der Waals surface area contributed by atoms with Gasteiger partial charge in [-0.3, -0.25) is 4.79 Å². The topological polar surface area (TPSA) is 49.4 Å². The van der Waals surface area contributed by atoms with E-state index in [2.05, 4.69) is 5.32 Å². The lowest BCUT2D eigenvalue weighted by Gasteiger charge is -2.32. The predicted molar refractivity (Wildman–Crippen MR) is 104 cm³/mol. The number of carbonyl (C=O) groups is 2. The zero-order valence-electron chi connectivity index (χ0n) is 15.7. The van der Waals surface area contributed by atoms with Gasteiger partial charge in [0.15, 0.2) is 5.78 Å². The van der Waals surface area contributed by atoms with E-state index in [1.165, 1.54) is 6.07 Å². The number of piperidine rings is 1. The highest BCUT2D eigenvalue weighted by molar-refractivity contribution is 5.98. The van der Waals surface area contributed by atoms with Crippen LogP contribution in [0.25, 0.3) is 11.1 Å². The number of likely N-dealkylation sites (tertiary alicyclic amines) is 1. The van der Waals surface area contributed by atoms with E-state index in [1.54, 1.807) is 17.0 Å². The summed E-state index contributed by atoms with van der Waals surface area (Å²) in [6.45, 7) is 4.83. The van der Waals surface area contributed by atoms with Crippen LogP contribution >= 0.6 is 0 Å². The Morgan fingerprint density at radius 3 is 2.56 bits per heavy atom. The van der Waals surface area contributed by atoms with Gasteiger partial charge in [0.25, 0.3) is 0 Å². The van der Waals surface area contributed by atoms with Gasteiger partial charge in [-0.05, 0) is 38.3 Å². The van der Waals surface area contributed by atoms with E-state index >= 15 is 0 Å². The Morgan fingerprint density at radius 2 is 1.89 bits per heavy atom. The molecule has 3 rings (SSSR count). The first-order valence-corrected chi connectivity index (χ1v) is 9.40. The standard InChI is InChI=1S/C22H25FN2O2/c1-15(2)24-22(27)25-12-6-9-18(14-25)21(26)17-10-11-19(20(23)13-17)16-7-4-3-5-8-16/h3-5,7-8,10-11,13,15,18H,6,9,12,14H2,1-2H3,(H,24,27). The number of urea groups is 1. The van der Waals surface area contributed by atoms with Crippen LogP contribution in [0.4, 0.5) is 9.18 Å². The van der Waals surface area contributed by atoms with Crippen molar-refractivity contribution in [1.82, 2.24) is 10.2 Å². The fourth-order valence-electron chi connectivity index (χ4n) is 3.47. The summed E-state index contributed by atoms with van der Waals surface area (Å²) in [5, 5.41) is 2.86. The number of hydrogen-bond donors (Lipinski definition) is 1. The van der Waals surface area contributed by atoms with Crippen molar-refractivity contribution in [3.63, 3.8) is 0 Å². The Balaban J connectivity index is 1.74. The van der Waals surface area contributed by atoms with Crippen LogP contribution in [-0.4, -0.2) is 35.8 Å². The maximum absolute atomic E-state index is 14.6. The predicted octanol–water partition coefficient (Wildman–Crippen LogP) is 4.51. The van der Waals surface area contributed by atoms with E-state index < -0.39 is 5.82 Å². The molecule has 2 amide bonds. The number of hydrogen-bond acceptors (Lipinski definition) is 2. The van der Waals surface area contributed by atoms with Gasteiger partial charge in [-0.15, -0.1) is 0 Å². The van der Waals surface area contributed by atoms with Crippen LogP contribution in [0, 0.1) is 11.7 Å². The minimum Gasteiger partial charge on any atom is -0.336 e. The van der Waals surface area contributed by atoms with Gasteiger partial charge in [0.2, 0.25) is 0 Å². The minimum atomic E-state index is -0.405. The maximum atomic E-state index is 14.6. The van der Waals surface area contributed by atoms with Gasteiger partial charge >= 0.3 is 6.03 Å². The third kappa shape index (κ3) is 4.54. The van der Waals surface area contributed by atoms with E-state index in [1.807, 2.05) is 44.2 Å². The minimum absolute atomic E-state index is 0.0493. The molecule has 0 spiro atoms. The van der Waals surface area contributed by atoms with Crippen molar-refractivity contribution < 1.29 is 14.0 Å². The molecule has 2 aromatic carbocycles. The van der Waals surface area contributed by atoms with E-state index in [-0.39, 0.29) is 23.8 Å². The van der Waals surface area contributed by atoms with Crippen molar-refractivity contribution in [3.05, 3.63) is 59.9 Å². The van der Waals surface area contributed by atoms with Crippen molar-refractivity contribution in [1.29, 1.82) is 0 Å². The summed E-state index contributed by atoms with van der Waals surface area (Å²) in [5.41, 5.74) is 1.63. The molecule has 1 heterocycles. The molecular weight excluding hydrogens is 343 g/mol. The summed E-state index contributed by atoms with van der Waals surface area (Å²) in [7, 11) is 0. The first-order chi connectivity index (χ1) is 13.0. The van der Waals surface area contributed by atoms with Crippen LogP contribution < -0.4 is 5.32 Å². The van der Waals surface area contributed by atoms with Crippen LogP contribution in [0.1, 0.15) is 37.0 Å². The van der Waals surface area contributed by atoms with Crippen LogP contribution in [0.15, 0.2) is 48.5 Å². The number of amides is 2. The molecule has 1 atom stereocenters. The van der Waals surface area contributed by atoms with Crippen LogP contribution in [0.2, 0.25) is 0 Å². The summed E-state index contributed by atoms with van der Waals surface area (Å²) >= 11 is 0. The lowest BCUT2D eigenvalue weighted by Crippen LogP contribution is -2.48. The summed E-state index contributed by atoms with van der Waals surface area (Å²) in [5.74, 6) is -0.800. The molecule has 1 saturated heterocycles. The zero-order valence-corrected chi connectivity index (χ0v) is 15.7. The normalized spacial score (nSPS) is 17.0. The number of rotatable bonds is 4. The first-order valence-electron chi connectivity index (χ1n) is 9.40. The molecule has 0 aliphatic carbocycles. The Morgan fingerprint density at radius 1 is 1.15 bits per heavy atom. The monoisotopic (exact) mass is 368 g/mol. The van der Waals surface area contributed by atoms with Gasteiger partial charge in [-0.1, -0.05) is 42.5 Å². The number of benzene rings is 2. The van der Waals surface area contributed by atoms with Gasteiger partial charge in [0.1, 0.15) is 5.82 Å². The summed E-state index contributed by atoms with van der Waals surface area (Å²) < 4.78 is 14.6. The van der Waals surface area contributed by atoms with Crippen molar-refractivity contribution >= 4 is 11.8 Å². The largest absolute Gasteiger partial charge is 0.336 e. The molecule has 27 heavy (non-hydrogen) atoms. The molecule has 1 N–H and O–H groups in total. The highest BCUT2D eigenvalue weighted by Crippen LogP contribution is 2.26. The second kappa shape index (κ2) is 8.33. The van der Waals surface area contributed by atoms with Crippen LogP contribution in [0.5, 0.6) is 0 Å². The van der Waals surface area contributed by atoms with Gasteiger partial charge < -0.3 is 10.2 Å². The summed E-state index contributed by atoms with van der Waals surface area (Å²) in [6.07, 6.45) is 1.48. The fraction of sp³-hybridized carbons (Fsp3) is 0.364. The Kier molecular flexibility index (Phi) is 5.89. The molecule has 0 radical (unpaired) electrons. The van der Waals surface area contributed by atoms with Crippen molar-refractivity contribution in [2.24, 2.45) is 5.92 Å². The molecule has 2 aromatic rings. The van der Waals surface area contributed by atoms with E-state index in [0.29, 0.717) is 30.6 Å². The number of carbonyl (C=O) groups excluding carboxylic acids is 2. The molecule has 1 fully saturated rings. The third-order valence-electron chi connectivity index (χ3n) is 4.83.